The minimum atomic E-state index is -0.409. The molecule has 0 atom stereocenters. The van der Waals surface area contributed by atoms with E-state index in [4.69, 9.17) is 9.47 Å². The first-order valence-corrected chi connectivity index (χ1v) is 7.68. The Balaban J connectivity index is 1.60. The number of carbonyl (C=O) groups is 2. The maximum Gasteiger partial charge on any atom is 0.338 e. The molecule has 2 aromatic carbocycles. The normalized spacial score (nSPS) is 11.8. The number of urea groups is 1. The zero-order valence-electron chi connectivity index (χ0n) is 13.6. The lowest BCUT2D eigenvalue weighted by Gasteiger charge is -2.09. The second-order valence-corrected chi connectivity index (χ2v) is 5.24. The molecule has 7 heteroatoms. The van der Waals surface area contributed by atoms with Crippen LogP contribution < -0.4 is 20.7 Å². The minimum Gasteiger partial charge on any atom is -0.462 e. The number of benzene rings is 2. The number of carbonyl (C=O) groups excluding carboxylic acids is 2. The van der Waals surface area contributed by atoms with Gasteiger partial charge in [-0.2, -0.15) is 0 Å². The zero-order valence-corrected chi connectivity index (χ0v) is 13.6. The van der Waals surface area contributed by atoms with E-state index in [1.165, 1.54) is 0 Å². The van der Waals surface area contributed by atoms with Crippen molar-refractivity contribution in [2.24, 2.45) is 0 Å². The topological polar surface area (TPSA) is 88.7 Å². The highest BCUT2D eigenvalue weighted by Crippen LogP contribution is 2.35. The largest absolute Gasteiger partial charge is 0.462 e. The highest BCUT2D eigenvalue weighted by atomic mass is 16.5. The van der Waals surface area contributed by atoms with E-state index in [0.29, 0.717) is 35.2 Å². The Morgan fingerprint density at radius 3 is 2.52 bits per heavy atom. The molecule has 7 nitrogen and oxygen atoms in total. The van der Waals surface area contributed by atoms with E-state index in [2.05, 4.69) is 22.5 Å². The van der Waals surface area contributed by atoms with Gasteiger partial charge in [-0.1, -0.05) is 0 Å². The van der Waals surface area contributed by atoms with Crippen LogP contribution in [0.3, 0.4) is 0 Å². The van der Waals surface area contributed by atoms with Crippen LogP contribution in [0.25, 0.3) is 0 Å². The molecule has 0 spiro atoms. The highest BCUT2D eigenvalue weighted by Gasteiger charge is 2.15. The van der Waals surface area contributed by atoms with Crippen molar-refractivity contribution < 1.29 is 19.1 Å². The van der Waals surface area contributed by atoms with Crippen molar-refractivity contribution in [1.29, 1.82) is 0 Å². The molecule has 1 heterocycles. The first-order chi connectivity index (χ1) is 12.0. The SMILES string of the molecule is C=C1Nc2ccc(NC(=O)Nc3ccc(C(=O)OCC)cc3)cc2O1. The lowest BCUT2D eigenvalue weighted by atomic mass is 10.2. The number of nitrogens with one attached hydrogen (secondary N) is 3. The summed E-state index contributed by atoms with van der Waals surface area (Å²) in [6.45, 7) is 5.74. The van der Waals surface area contributed by atoms with Crippen molar-refractivity contribution in [2.75, 3.05) is 22.6 Å². The average molecular weight is 339 g/mol. The molecule has 2 aromatic rings. The van der Waals surface area contributed by atoms with Crippen LogP contribution in [-0.2, 0) is 4.74 Å². The molecule has 0 aliphatic carbocycles. The first kappa shape index (κ1) is 16.4. The van der Waals surface area contributed by atoms with Crippen LogP contribution in [0.4, 0.5) is 21.9 Å². The number of anilines is 3. The molecule has 1 aliphatic heterocycles. The fraction of sp³-hybridized carbons (Fsp3) is 0.111. The Morgan fingerprint density at radius 1 is 1.12 bits per heavy atom. The van der Waals surface area contributed by atoms with Crippen molar-refractivity contribution in [3.8, 4) is 5.75 Å². The fourth-order valence-electron chi connectivity index (χ4n) is 2.29. The van der Waals surface area contributed by atoms with Crippen molar-refractivity contribution >= 4 is 29.1 Å². The van der Waals surface area contributed by atoms with Gasteiger partial charge in [0.25, 0.3) is 0 Å². The lowest BCUT2D eigenvalue weighted by Crippen LogP contribution is -2.19. The Labute approximate surface area is 144 Å². The van der Waals surface area contributed by atoms with Gasteiger partial charge in [0.15, 0.2) is 11.6 Å². The van der Waals surface area contributed by atoms with Gasteiger partial charge >= 0.3 is 12.0 Å². The zero-order chi connectivity index (χ0) is 17.8. The molecular formula is C18H17N3O4. The van der Waals surface area contributed by atoms with Gasteiger partial charge in [0.1, 0.15) is 0 Å². The minimum absolute atomic E-state index is 0.314. The molecule has 3 N–H and O–H groups in total. The van der Waals surface area contributed by atoms with Crippen molar-refractivity contribution in [3.05, 3.63) is 60.5 Å². The summed E-state index contributed by atoms with van der Waals surface area (Å²) in [5.74, 6) is 0.645. The Hall–Kier alpha value is -3.48. The monoisotopic (exact) mass is 339 g/mol. The van der Waals surface area contributed by atoms with Crippen LogP contribution in [0, 0.1) is 0 Å². The van der Waals surface area contributed by atoms with E-state index in [9.17, 15) is 9.59 Å². The molecule has 0 saturated heterocycles. The molecular weight excluding hydrogens is 322 g/mol. The number of esters is 1. The van der Waals surface area contributed by atoms with E-state index in [1.54, 1.807) is 49.4 Å². The van der Waals surface area contributed by atoms with Crippen LogP contribution >= 0.6 is 0 Å². The second kappa shape index (κ2) is 6.96. The highest BCUT2D eigenvalue weighted by molar-refractivity contribution is 6.00. The number of hydrogen-bond acceptors (Lipinski definition) is 5. The van der Waals surface area contributed by atoms with Crippen LogP contribution in [-0.4, -0.2) is 18.6 Å². The molecule has 0 radical (unpaired) electrons. The molecule has 0 fully saturated rings. The number of fused-ring (bicyclic) bond motifs is 1. The van der Waals surface area contributed by atoms with Crippen molar-refractivity contribution in [2.45, 2.75) is 6.92 Å². The summed E-state index contributed by atoms with van der Waals surface area (Å²) in [6, 6.07) is 11.3. The predicted molar refractivity (Wildman–Crippen MR) is 94.9 cm³/mol. The number of rotatable bonds is 4. The average Bonchev–Trinajstić information content (AvgIpc) is 2.95. The van der Waals surface area contributed by atoms with Crippen LogP contribution in [0.5, 0.6) is 5.75 Å². The standard InChI is InChI=1S/C18H17N3O4/c1-3-24-17(22)12-4-6-13(7-5-12)20-18(23)21-14-8-9-15-16(10-14)25-11(2)19-15/h4-10,19H,2-3H2,1H3,(H2,20,21,23). The molecule has 1 aliphatic rings. The van der Waals surface area contributed by atoms with Gasteiger partial charge in [-0.05, 0) is 49.9 Å². The van der Waals surface area contributed by atoms with Crippen LogP contribution in [0.1, 0.15) is 17.3 Å². The molecule has 0 saturated carbocycles. The third kappa shape index (κ3) is 3.89. The molecule has 128 valence electrons. The molecule has 25 heavy (non-hydrogen) atoms. The third-order valence-electron chi connectivity index (χ3n) is 3.40. The third-order valence-corrected chi connectivity index (χ3v) is 3.40. The quantitative estimate of drug-likeness (QED) is 0.738. The first-order valence-electron chi connectivity index (χ1n) is 7.68. The maximum absolute atomic E-state index is 12.1. The summed E-state index contributed by atoms with van der Waals surface area (Å²) < 4.78 is 10.3. The summed E-state index contributed by atoms with van der Waals surface area (Å²) in [6.07, 6.45) is 0. The van der Waals surface area contributed by atoms with Gasteiger partial charge in [0.05, 0.1) is 17.9 Å². The van der Waals surface area contributed by atoms with Crippen LogP contribution in [0.15, 0.2) is 54.9 Å². The van der Waals surface area contributed by atoms with Gasteiger partial charge in [-0.15, -0.1) is 0 Å². The summed E-state index contributed by atoms with van der Waals surface area (Å²) in [7, 11) is 0. The van der Waals surface area contributed by atoms with Gasteiger partial charge in [0, 0.05) is 17.4 Å². The number of ether oxygens (including phenoxy) is 2. The number of amides is 2. The maximum atomic E-state index is 12.1. The smallest absolute Gasteiger partial charge is 0.338 e. The number of hydrogen-bond donors (Lipinski definition) is 3. The molecule has 0 bridgehead atoms. The predicted octanol–water partition coefficient (Wildman–Crippen LogP) is 3.78. The van der Waals surface area contributed by atoms with Gasteiger partial charge in [-0.25, -0.2) is 9.59 Å². The van der Waals surface area contributed by atoms with Crippen molar-refractivity contribution in [3.63, 3.8) is 0 Å². The summed E-state index contributed by atoms with van der Waals surface area (Å²) >= 11 is 0. The fourth-order valence-corrected chi connectivity index (χ4v) is 2.29. The Morgan fingerprint density at radius 2 is 1.80 bits per heavy atom. The molecule has 3 rings (SSSR count). The van der Waals surface area contributed by atoms with Crippen LogP contribution in [0.2, 0.25) is 0 Å². The van der Waals surface area contributed by atoms with E-state index in [1.807, 2.05) is 0 Å². The van der Waals surface area contributed by atoms with Gasteiger partial charge in [0.2, 0.25) is 0 Å². The van der Waals surface area contributed by atoms with Crippen molar-refractivity contribution in [1.82, 2.24) is 0 Å². The molecule has 0 unspecified atom stereocenters. The van der Waals surface area contributed by atoms with Gasteiger partial charge < -0.3 is 25.4 Å². The lowest BCUT2D eigenvalue weighted by molar-refractivity contribution is 0.0526. The van der Waals surface area contributed by atoms with E-state index in [-0.39, 0.29) is 0 Å². The Kier molecular flexibility index (Phi) is 4.56. The Bertz CT molecular complexity index is 831. The van der Waals surface area contributed by atoms with E-state index >= 15 is 0 Å². The molecule has 2 amide bonds. The van der Waals surface area contributed by atoms with Gasteiger partial charge in [-0.3, -0.25) is 0 Å². The van der Waals surface area contributed by atoms with E-state index < -0.39 is 12.0 Å². The summed E-state index contributed by atoms with van der Waals surface area (Å²) in [5.41, 5.74) is 2.36. The summed E-state index contributed by atoms with van der Waals surface area (Å²) in [4.78, 5) is 23.7. The van der Waals surface area contributed by atoms with E-state index in [0.717, 1.165) is 5.69 Å². The second-order valence-electron chi connectivity index (χ2n) is 5.24. The summed E-state index contributed by atoms with van der Waals surface area (Å²) in [5, 5.41) is 8.36. The molecule has 0 aromatic heterocycles.